The predicted molar refractivity (Wildman–Crippen MR) is 94.7 cm³/mol. The molecule has 0 spiro atoms. The Balaban J connectivity index is 1.43. The van der Waals surface area contributed by atoms with E-state index in [0.29, 0.717) is 36.8 Å². The fourth-order valence-electron chi connectivity index (χ4n) is 3.96. The highest BCUT2D eigenvalue weighted by atomic mass is 19.2. The fraction of sp³-hybridized carbons (Fsp3) is 0.474. The summed E-state index contributed by atoms with van der Waals surface area (Å²) >= 11 is 0. The summed E-state index contributed by atoms with van der Waals surface area (Å²) in [4.78, 5) is 15.6. The smallest absolute Gasteiger partial charge is 0.222 e. The van der Waals surface area contributed by atoms with Crippen LogP contribution in [0, 0.1) is 17.6 Å². The number of benzene rings is 1. The lowest BCUT2D eigenvalue weighted by atomic mass is 9.95. The lowest BCUT2D eigenvalue weighted by Gasteiger charge is -2.35. The molecule has 0 unspecified atom stereocenters. The van der Waals surface area contributed by atoms with Crippen LogP contribution in [0.25, 0.3) is 11.3 Å². The SMILES string of the molecule is O=C1CCCN1CC1CCN(c2ccc(-c3cc[nH]n3)c(F)c2F)CC1. The first kappa shape index (κ1) is 17.0. The molecule has 0 atom stereocenters. The van der Waals surface area contributed by atoms with E-state index in [0.717, 1.165) is 32.4 Å². The number of likely N-dealkylation sites (tertiary alicyclic amines) is 1. The van der Waals surface area contributed by atoms with Gasteiger partial charge in [-0.25, -0.2) is 8.78 Å². The van der Waals surface area contributed by atoms with Crippen molar-refractivity contribution in [3.63, 3.8) is 0 Å². The molecule has 2 aliphatic rings. The summed E-state index contributed by atoms with van der Waals surface area (Å²) in [5.74, 6) is -1.00. The van der Waals surface area contributed by atoms with Crippen molar-refractivity contribution in [3.05, 3.63) is 36.0 Å². The predicted octanol–water partition coefficient (Wildman–Crippen LogP) is 3.19. The Bertz CT molecular complexity index is 785. The summed E-state index contributed by atoms with van der Waals surface area (Å²) < 4.78 is 29.1. The minimum atomic E-state index is -0.862. The molecule has 2 aromatic rings. The zero-order chi connectivity index (χ0) is 18.1. The van der Waals surface area contributed by atoms with Crippen molar-refractivity contribution in [1.82, 2.24) is 15.1 Å². The van der Waals surface area contributed by atoms with E-state index in [1.54, 1.807) is 24.4 Å². The van der Waals surface area contributed by atoms with Crippen LogP contribution in [0.4, 0.5) is 14.5 Å². The summed E-state index contributed by atoms with van der Waals surface area (Å²) in [6.45, 7) is 2.99. The number of halogens is 2. The second kappa shape index (κ2) is 7.05. The highest BCUT2D eigenvalue weighted by molar-refractivity contribution is 5.78. The van der Waals surface area contributed by atoms with Gasteiger partial charge in [-0.3, -0.25) is 9.89 Å². The van der Waals surface area contributed by atoms with E-state index in [-0.39, 0.29) is 11.5 Å². The Hall–Kier alpha value is -2.44. The maximum absolute atomic E-state index is 14.6. The minimum Gasteiger partial charge on any atom is -0.369 e. The van der Waals surface area contributed by atoms with Gasteiger partial charge in [0, 0.05) is 44.4 Å². The standard InChI is InChI=1S/C19H22F2N4O/c20-18-14(15-5-8-22-23-15)3-4-16(19(18)21)24-10-6-13(7-11-24)12-25-9-1-2-17(25)26/h3-5,8,13H,1-2,6-7,9-12H2,(H,22,23). The fourth-order valence-corrected chi connectivity index (χ4v) is 3.96. The molecule has 1 N–H and O–H groups in total. The normalized spacial score (nSPS) is 18.8. The van der Waals surface area contributed by atoms with E-state index < -0.39 is 11.6 Å². The van der Waals surface area contributed by atoms with Crippen LogP contribution in [0.1, 0.15) is 25.7 Å². The van der Waals surface area contributed by atoms with Gasteiger partial charge in [0.1, 0.15) is 0 Å². The van der Waals surface area contributed by atoms with Crippen LogP contribution in [-0.4, -0.2) is 47.2 Å². The highest BCUT2D eigenvalue weighted by Gasteiger charge is 2.28. The van der Waals surface area contributed by atoms with Crippen LogP contribution in [-0.2, 0) is 4.79 Å². The monoisotopic (exact) mass is 360 g/mol. The van der Waals surface area contributed by atoms with E-state index >= 15 is 0 Å². The minimum absolute atomic E-state index is 0.162. The zero-order valence-corrected chi connectivity index (χ0v) is 14.5. The highest BCUT2D eigenvalue weighted by Crippen LogP contribution is 2.32. The number of hydrogen-bond donors (Lipinski definition) is 1. The van der Waals surface area contributed by atoms with Crippen molar-refractivity contribution < 1.29 is 13.6 Å². The van der Waals surface area contributed by atoms with Crippen LogP contribution in [0.5, 0.6) is 0 Å². The number of piperidine rings is 1. The van der Waals surface area contributed by atoms with E-state index in [1.807, 2.05) is 9.80 Å². The molecule has 0 bridgehead atoms. The molecule has 3 heterocycles. The molecular weight excluding hydrogens is 338 g/mol. The quantitative estimate of drug-likeness (QED) is 0.911. The molecular formula is C19H22F2N4O. The number of rotatable bonds is 4. The number of carbonyl (C=O) groups is 1. The number of anilines is 1. The van der Waals surface area contributed by atoms with Crippen LogP contribution in [0.2, 0.25) is 0 Å². The van der Waals surface area contributed by atoms with Crippen molar-refractivity contribution >= 4 is 11.6 Å². The Morgan fingerprint density at radius 1 is 1.12 bits per heavy atom. The first-order valence-corrected chi connectivity index (χ1v) is 9.14. The van der Waals surface area contributed by atoms with Crippen molar-refractivity contribution in [1.29, 1.82) is 0 Å². The average molecular weight is 360 g/mol. The largest absolute Gasteiger partial charge is 0.369 e. The molecule has 138 valence electrons. The molecule has 0 aliphatic carbocycles. The summed E-state index contributed by atoms with van der Waals surface area (Å²) in [6, 6.07) is 4.83. The van der Waals surface area contributed by atoms with Crippen molar-refractivity contribution in [3.8, 4) is 11.3 Å². The van der Waals surface area contributed by atoms with Gasteiger partial charge in [-0.15, -0.1) is 0 Å². The number of nitrogens with one attached hydrogen (secondary N) is 1. The molecule has 26 heavy (non-hydrogen) atoms. The van der Waals surface area contributed by atoms with E-state index in [2.05, 4.69) is 10.2 Å². The molecule has 1 amide bonds. The van der Waals surface area contributed by atoms with Gasteiger partial charge in [0.15, 0.2) is 11.6 Å². The lowest BCUT2D eigenvalue weighted by molar-refractivity contribution is -0.128. The molecule has 5 nitrogen and oxygen atoms in total. The van der Waals surface area contributed by atoms with E-state index in [1.165, 1.54) is 0 Å². The number of carbonyl (C=O) groups excluding carboxylic acids is 1. The van der Waals surface area contributed by atoms with E-state index in [4.69, 9.17) is 0 Å². The van der Waals surface area contributed by atoms with Gasteiger partial charge >= 0.3 is 0 Å². The number of H-pyrrole nitrogens is 1. The van der Waals surface area contributed by atoms with Gasteiger partial charge in [0.2, 0.25) is 5.91 Å². The summed E-state index contributed by atoms with van der Waals surface area (Å²) in [6.07, 6.45) is 4.95. The Morgan fingerprint density at radius 3 is 2.58 bits per heavy atom. The Labute approximate surface area is 151 Å². The molecule has 2 aliphatic heterocycles. The first-order valence-electron chi connectivity index (χ1n) is 9.14. The van der Waals surface area contributed by atoms with Crippen molar-refractivity contribution in [2.24, 2.45) is 5.92 Å². The van der Waals surface area contributed by atoms with Crippen LogP contribution in [0.15, 0.2) is 24.4 Å². The topological polar surface area (TPSA) is 52.2 Å². The molecule has 1 aromatic heterocycles. The Kier molecular flexibility index (Phi) is 4.61. The summed E-state index contributed by atoms with van der Waals surface area (Å²) in [5, 5.41) is 6.53. The van der Waals surface area contributed by atoms with Gasteiger partial charge in [-0.2, -0.15) is 5.10 Å². The molecule has 2 fully saturated rings. The maximum Gasteiger partial charge on any atom is 0.222 e. The number of nitrogens with zero attached hydrogens (tertiary/aromatic N) is 3. The van der Waals surface area contributed by atoms with Gasteiger partial charge in [0.25, 0.3) is 0 Å². The molecule has 2 saturated heterocycles. The van der Waals surface area contributed by atoms with Gasteiger partial charge < -0.3 is 9.80 Å². The maximum atomic E-state index is 14.6. The number of aromatic amines is 1. The Morgan fingerprint density at radius 2 is 1.92 bits per heavy atom. The van der Waals surface area contributed by atoms with Gasteiger partial charge in [-0.05, 0) is 43.4 Å². The van der Waals surface area contributed by atoms with Gasteiger partial charge in [0.05, 0.1) is 11.4 Å². The number of hydrogen-bond acceptors (Lipinski definition) is 3. The molecule has 0 saturated carbocycles. The van der Waals surface area contributed by atoms with Crippen LogP contribution in [0.3, 0.4) is 0 Å². The summed E-state index contributed by atoms with van der Waals surface area (Å²) in [5.41, 5.74) is 0.856. The van der Waals surface area contributed by atoms with Crippen molar-refractivity contribution in [2.75, 3.05) is 31.1 Å². The van der Waals surface area contributed by atoms with Crippen LogP contribution >= 0.6 is 0 Å². The van der Waals surface area contributed by atoms with Crippen molar-refractivity contribution in [2.45, 2.75) is 25.7 Å². The third-order valence-corrected chi connectivity index (χ3v) is 5.44. The van der Waals surface area contributed by atoms with Gasteiger partial charge in [-0.1, -0.05) is 0 Å². The van der Waals surface area contributed by atoms with E-state index in [9.17, 15) is 13.6 Å². The first-order chi connectivity index (χ1) is 12.6. The molecule has 4 rings (SSSR count). The van der Waals surface area contributed by atoms with Crippen LogP contribution < -0.4 is 4.90 Å². The lowest BCUT2D eigenvalue weighted by Crippen LogP contribution is -2.39. The second-order valence-corrected chi connectivity index (χ2v) is 7.09. The average Bonchev–Trinajstić information content (AvgIpc) is 3.31. The summed E-state index contributed by atoms with van der Waals surface area (Å²) in [7, 11) is 0. The second-order valence-electron chi connectivity index (χ2n) is 7.09. The zero-order valence-electron chi connectivity index (χ0n) is 14.5. The molecule has 1 aromatic carbocycles. The molecule has 0 radical (unpaired) electrons. The molecule has 7 heteroatoms. The third-order valence-electron chi connectivity index (χ3n) is 5.44. The number of aromatic nitrogens is 2. The number of amides is 1. The third kappa shape index (κ3) is 3.18.